The highest BCUT2D eigenvalue weighted by Gasteiger charge is 2.16. The Morgan fingerprint density at radius 1 is 0.704 bits per heavy atom. The van der Waals surface area contributed by atoms with Crippen LogP contribution in [0.25, 0.3) is 0 Å². The number of carbonyl (C=O) groups is 1. The lowest BCUT2D eigenvalue weighted by atomic mass is 10.0. The number of quaternary nitrogens is 1. The first-order chi connectivity index (χ1) is 12.4. The van der Waals surface area contributed by atoms with E-state index < -0.39 is 0 Å². The van der Waals surface area contributed by atoms with Crippen LogP contribution < -0.4 is 17.0 Å². The van der Waals surface area contributed by atoms with Gasteiger partial charge in [-0.2, -0.15) is 0 Å². The van der Waals surface area contributed by atoms with Gasteiger partial charge in [0.2, 0.25) is 0 Å². The molecule has 0 amide bonds. The third-order valence-corrected chi connectivity index (χ3v) is 5.54. The van der Waals surface area contributed by atoms with Gasteiger partial charge in [-0.25, -0.2) is 0 Å². The van der Waals surface area contributed by atoms with Crippen molar-refractivity contribution >= 4 is 5.78 Å². The van der Waals surface area contributed by atoms with E-state index in [2.05, 4.69) is 27.6 Å². The Bertz CT molecular complexity index is 365. The van der Waals surface area contributed by atoms with Gasteiger partial charge in [0.1, 0.15) is 0 Å². The molecule has 0 aliphatic rings. The molecule has 0 spiro atoms. The summed E-state index contributed by atoms with van der Waals surface area (Å²) < 4.78 is 0.956. The molecule has 0 aliphatic heterocycles. The maximum absolute atomic E-state index is 11.7. The molecule has 0 bridgehead atoms. The summed E-state index contributed by atoms with van der Waals surface area (Å²) in [5.41, 5.74) is 0.696. The Balaban J connectivity index is 0. The van der Waals surface area contributed by atoms with Gasteiger partial charge in [-0.05, 0) is 25.3 Å². The van der Waals surface area contributed by atoms with Crippen LogP contribution in [0.3, 0.4) is 0 Å². The molecule has 0 unspecified atom stereocenters. The molecule has 0 saturated heterocycles. The molecule has 0 aromatic carbocycles. The van der Waals surface area contributed by atoms with Gasteiger partial charge < -0.3 is 21.5 Å². The fourth-order valence-electron chi connectivity index (χ4n) is 3.46. The summed E-state index contributed by atoms with van der Waals surface area (Å²) in [7, 11) is 4.49. The fraction of sp³-hybridized carbons (Fsp3) is 0.875. The van der Waals surface area contributed by atoms with E-state index in [1.165, 1.54) is 96.4 Å². The molecule has 0 fully saturated rings. The van der Waals surface area contributed by atoms with Gasteiger partial charge >= 0.3 is 0 Å². The minimum atomic E-state index is 0. The van der Waals surface area contributed by atoms with Crippen molar-refractivity contribution in [2.45, 2.75) is 110 Å². The Morgan fingerprint density at radius 3 is 1.44 bits per heavy atom. The minimum absolute atomic E-state index is 0. The molecule has 0 radical (unpaired) electrons. The molecule has 0 atom stereocenters. The summed E-state index contributed by atoms with van der Waals surface area (Å²) in [6, 6.07) is 0. The van der Waals surface area contributed by atoms with E-state index in [9.17, 15) is 4.79 Å². The molecular formula is C24H48BrNO. The second kappa shape index (κ2) is 19.2. The van der Waals surface area contributed by atoms with E-state index in [4.69, 9.17) is 0 Å². The lowest BCUT2D eigenvalue weighted by Crippen LogP contribution is -3.00. The molecule has 162 valence electrons. The number of ketones is 1. The molecule has 0 rings (SSSR count). The topological polar surface area (TPSA) is 17.1 Å². The summed E-state index contributed by atoms with van der Waals surface area (Å²) >= 11 is 0. The molecule has 0 N–H and O–H groups in total. The van der Waals surface area contributed by atoms with Gasteiger partial charge in [0, 0.05) is 0 Å². The standard InChI is InChI=1S/C24H48NO.BrH/c1-6-7-8-9-10-11-12-13-14-15-16-17-18-19-21-25(4,5)22-20-24(26)23(2)3;/h2,6-22H2,1,3-5H3;1H/q+1;/p-1. The zero-order valence-corrected chi connectivity index (χ0v) is 20.5. The highest BCUT2D eigenvalue weighted by molar-refractivity contribution is 5.94. The maximum atomic E-state index is 11.7. The molecule has 3 heteroatoms. The average molecular weight is 447 g/mol. The van der Waals surface area contributed by atoms with Crippen LogP contribution in [-0.2, 0) is 4.79 Å². The third kappa shape index (κ3) is 20.4. The second-order valence-corrected chi connectivity index (χ2v) is 8.93. The number of hydrogen-bond donors (Lipinski definition) is 0. The molecule has 0 aromatic rings. The lowest BCUT2D eigenvalue weighted by molar-refractivity contribution is -0.889. The highest BCUT2D eigenvalue weighted by Crippen LogP contribution is 2.13. The molecule has 2 nitrogen and oxygen atoms in total. The number of halogens is 1. The van der Waals surface area contributed by atoms with Crippen LogP contribution in [0.5, 0.6) is 0 Å². The first-order valence-electron chi connectivity index (χ1n) is 11.4. The van der Waals surface area contributed by atoms with Crippen molar-refractivity contribution in [2.24, 2.45) is 0 Å². The number of nitrogens with zero attached hydrogens (tertiary/aromatic N) is 1. The molecule has 0 aromatic heterocycles. The molecular weight excluding hydrogens is 398 g/mol. The summed E-state index contributed by atoms with van der Waals surface area (Å²) in [4.78, 5) is 11.7. The first kappa shape index (κ1) is 29.1. The third-order valence-electron chi connectivity index (χ3n) is 5.54. The van der Waals surface area contributed by atoms with Crippen molar-refractivity contribution in [3.05, 3.63) is 12.2 Å². The van der Waals surface area contributed by atoms with Crippen LogP contribution in [0.2, 0.25) is 0 Å². The zero-order chi connectivity index (χ0) is 19.7. The largest absolute Gasteiger partial charge is 1.00 e. The van der Waals surface area contributed by atoms with Crippen molar-refractivity contribution in [3.63, 3.8) is 0 Å². The quantitative estimate of drug-likeness (QED) is 0.166. The number of unbranched alkanes of at least 4 members (excludes halogenated alkanes) is 13. The van der Waals surface area contributed by atoms with Gasteiger partial charge in [0.05, 0.1) is 33.6 Å². The Morgan fingerprint density at radius 2 is 1.07 bits per heavy atom. The number of allylic oxidation sites excluding steroid dienone is 1. The van der Waals surface area contributed by atoms with Gasteiger partial charge in [0.25, 0.3) is 0 Å². The Kier molecular flexibility index (Phi) is 20.6. The van der Waals surface area contributed by atoms with Gasteiger partial charge in [-0.15, -0.1) is 0 Å². The summed E-state index contributed by atoms with van der Waals surface area (Å²) in [5, 5.41) is 0. The monoisotopic (exact) mass is 445 g/mol. The number of rotatable bonds is 19. The summed E-state index contributed by atoms with van der Waals surface area (Å²) in [6.45, 7) is 9.96. The van der Waals surface area contributed by atoms with E-state index in [-0.39, 0.29) is 22.8 Å². The van der Waals surface area contributed by atoms with E-state index in [0.717, 1.165) is 11.0 Å². The summed E-state index contributed by atoms with van der Waals surface area (Å²) in [5.74, 6) is 0.220. The normalized spacial score (nSPS) is 11.3. The predicted molar refractivity (Wildman–Crippen MR) is 117 cm³/mol. The van der Waals surface area contributed by atoms with E-state index >= 15 is 0 Å². The van der Waals surface area contributed by atoms with Crippen LogP contribution in [0.1, 0.15) is 110 Å². The number of Topliss-reactive ketones (excluding diaryl/α,β-unsaturated/α-hetero) is 1. The molecule has 0 heterocycles. The van der Waals surface area contributed by atoms with E-state index in [1.54, 1.807) is 0 Å². The molecule has 0 aliphatic carbocycles. The van der Waals surface area contributed by atoms with Crippen LogP contribution in [0.4, 0.5) is 0 Å². The number of hydrogen-bond acceptors (Lipinski definition) is 1. The van der Waals surface area contributed by atoms with Crippen molar-refractivity contribution in [1.82, 2.24) is 0 Å². The predicted octanol–water partition coefficient (Wildman–Crippen LogP) is 4.08. The van der Waals surface area contributed by atoms with E-state index in [0.29, 0.717) is 12.0 Å². The lowest BCUT2D eigenvalue weighted by Gasteiger charge is -2.29. The SMILES string of the molecule is C=C(C)C(=O)CC[N+](C)(C)CCCCCCCCCCCCCCCC.[Br-]. The van der Waals surface area contributed by atoms with Crippen molar-refractivity contribution in [2.75, 3.05) is 27.2 Å². The van der Waals surface area contributed by atoms with Crippen LogP contribution >= 0.6 is 0 Å². The molecule has 27 heavy (non-hydrogen) atoms. The Hall–Kier alpha value is -0.150. The fourth-order valence-corrected chi connectivity index (χ4v) is 3.46. The average Bonchev–Trinajstić information content (AvgIpc) is 2.60. The highest BCUT2D eigenvalue weighted by atomic mass is 79.9. The smallest absolute Gasteiger partial charge is 0.163 e. The zero-order valence-electron chi connectivity index (χ0n) is 19.0. The maximum Gasteiger partial charge on any atom is 0.163 e. The van der Waals surface area contributed by atoms with Gasteiger partial charge in [0.15, 0.2) is 5.78 Å². The van der Waals surface area contributed by atoms with Crippen molar-refractivity contribution < 1.29 is 26.3 Å². The number of carbonyl (C=O) groups excluding carboxylic acids is 1. The van der Waals surface area contributed by atoms with Gasteiger partial charge in [-0.1, -0.05) is 90.6 Å². The molecule has 0 saturated carbocycles. The van der Waals surface area contributed by atoms with Crippen LogP contribution in [0, 0.1) is 0 Å². The minimum Gasteiger partial charge on any atom is -1.00 e. The van der Waals surface area contributed by atoms with E-state index in [1.807, 2.05) is 6.92 Å². The first-order valence-corrected chi connectivity index (χ1v) is 11.4. The summed E-state index contributed by atoms with van der Waals surface area (Å²) in [6.07, 6.45) is 20.3. The van der Waals surface area contributed by atoms with Crippen LogP contribution in [-0.4, -0.2) is 37.5 Å². The van der Waals surface area contributed by atoms with Gasteiger partial charge in [-0.3, -0.25) is 4.79 Å². The second-order valence-electron chi connectivity index (χ2n) is 8.93. The van der Waals surface area contributed by atoms with Crippen molar-refractivity contribution in [1.29, 1.82) is 0 Å². The van der Waals surface area contributed by atoms with Crippen molar-refractivity contribution in [3.8, 4) is 0 Å². The van der Waals surface area contributed by atoms with Crippen LogP contribution in [0.15, 0.2) is 12.2 Å². The Labute approximate surface area is 181 Å².